The van der Waals surface area contributed by atoms with E-state index in [0.717, 1.165) is 4.31 Å². The molecule has 17 heavy (non-hydrogen) atoms. The molecule has 1 aromatic heterocycles. The lowest BCUT2D eigenvalue weighted by molar-refractivity contribution is 0.527. The number of aromatic nitrogens is 1. The lowest BCUT2D eigenvalue weighted by Gasteiger charge is -2.12. The van der Waals surface area contributed by atoms with E-state index in [2.05, 4.69) is 9.71 Å². The van der Waals surface area contributed by atoms with Crippen LogP contribution >= 0.6 is 0 Å². The fourth-order valence-corrected chi connectivity index (χ4v) is 1.95. The average molecular weight is 255 g/mol. The molecule has 0 radical (unpaired) electrons. The Balaban J connectivity index is 2.37. The second-order valence-corrected chi connectivity index (χ2v) is 5.69. The number of benzene rings is 1. The first-order chi connectivity index (χ1) is 7.88. The standard InChI is InChI=1S/C10H13N3O3S/c1-7-11-9-5-4-8(6-10(9)16-7)12-17(14,15)13(2)3/h4-6,12H,1-3H3. The van der Waals surface area contributed by atoms with Crippen molar-refractivity contribution in [3.8, 4) is 0 Å². The zero-order valence-electron chi connectivity index (χ0n) is 9.76. The quantitative estimate of drug-likeness (QED) is 0.898. The molecule has 0 amide bonds. The summed E-state index contributed by atoms with van der Waals surface area (Å²) in [4.78, 5) is 4.13. The Morgan fingerprint density at radius 1 is 1.35 bits per heavy atom. The van der Waals surface area contributed by atoms with Gasteiger partial charge in [-0.2, -0.15) is 12.7 Å². The maximum absolute atomic E-state index is 11.6. The van der Waals surface area contributed by atoms with Crippen LogP contribution in [0.1, 0.15) is 5.89 Å². The van der Waals surface area contributed by atoms with Crippen molar-refractivity contribution in [2.75, 3.05) is 18.8 Å². The lowest BCUT2D eigenvalue weighted by Crippen LogP contribution is -2.28. The molecule has 0 atom stereocenters. The number of anilines is 1. The van der Waals surface area contributed by atoms with Gasteiger partial charge in [-0.05, 0) is 12.1 Å². The van der Waals surface area contributed by atoms with Crippen LogP contribution in [0.15, 0.2) is 22.6 Å². The molecule has 1 N–H and O–H groups in total. The van der Waals surface area contributed by atoms with Gasteiger partial charge in [0.2, 0.25) is 0 Å². The summed E-state index contributed by atoms with van der Waals surface area (Å²) < 4.78 is 32.1. The highest BCUT2D eigenvalue weighted by molar-refractivity contribution is 7.90. The molecule has 0 aliphatic heterocycles. The SMILES string of the molecule is Cc1nc2ccc(NS(=O)(=O)N(C)C)cc2o1. The number of nitrogens with zero attached hydrogens (tertiary/aromatic N) is 2. The van der Waals surface area contributed by atoms with Gasteiger partial charge >= 0.3 is 10.2 Å². The Morgan fingerprint density at radius 2 is 2.06 bits per heavy atom. The molecule has 7 heteroatoms. The number of aryl methyl sites for hydroxylation is 1. The van der Waals surface area contributed by atoms with Gasteiger partial charge in [-0.3, -0.25) is 4.72 Å². The molecule has 0 unspecified atom stereocenters. The molecule has 0 spiro atoms. The topological polar surface area (TPSA) is 75.4 Å². The molecule has 0 bridgehead atoms. The number of fused-ring (bicyclic) bond motifs is 1. The van der Waals surface area contributed by atoms with Crippen molar-refractivity contribution in [1.82, 2.24) is 9.29 Å². The Kier molecular flexibility index (Phi) is 2.80. The van der Waals surface area contributed by atoms with Gasteiger partial charge < -0.3 is 4.42 Å². The third-order valence-corrected chi connectivity index (χ3v) is 3.68. The first-order valence-corrected chi connectivity index (χ1v) is 6.40. The number of rotatable bonds is 3. The first kappa shape index (κ1) is 11.9. The lowest BCUT2D eigenvalue weighted by atomic mass is 10.3. The molecule has 0 aliphatic carbocycles. The first-order valence-electron chi connectivity index (χ1n) is 4.96. The smallest absolute Gasteiger partial charge is 0.301 e. The fraction of sp³-hybridized carbons (Fsp3) is 0.300. The molecule has 2 aromatic rings. The Morgan fingerprint density at radius 3 is 2.71 bits per heavy atom. The molecule has 2 rings (SSSR count). The van der Waals surface area contributed by atoms with Crippen molar-refractivity contribution in [2.45, 2.75) is 6.92 Å². The Hall–Kier alpha value is -1.60. The normalized spacial score (nSPS) is 12.2. The van der Waals surface area contributed by atoms with E-state index in [4.69, 9.17) is 4.42 Å². The molecule has 0 saturated heterocycles. The highest BCUT2D eigenvalue weighted by Crippen LogP contribution is 2.20. The van der Waals surface area contributed by atoms with E-state index < -0.39 is 10.2 Å². The maximum atomic E-state index is 11.6. The third-order valence-electron chi connectivity index (χ3n) is 2.22. The van der Waals surface area contributed by atoms with E-state index in [-0.39, 0.29) is 0 Å². The summed E-state index contributed by atoms with van der Waals surface area (Å²) >= 11 is 0. The number of hydrogen-bond acceptors (Lipinski definition) is 4. The zero-order valence-corrected chi connectivity index (χ0v) is 10.6. The second kappa shape index (κ2) is 4.01. The van der Waals surface area contributed by atoms with Crippen molar-refractivity contribution in [2.24, 2.45) is 0 Å². The predicted octanol–water partition coefficient (Wildman–Crippen LogP) is 1.35. The van der Waals surface area contributed by atoms with Crippen LogP contribution in [0.4, 0.5) is 5.69 Å². The van der Waals surface area contributed by atoms with Crippen molar-refractivity contribution < 1.29 is 12.8 Å². The molecule has 0 saturated carbocycles. The monoisotopic (exact) mass is 255 g/mol. The van der Waals surface area contributed by atoms with Crippen LogP contribution in [-0.4, -0.2) is 31.8 Å². The van der Waals surface area contributed by atoms with Crippen LogP contribution in [0.2, 0.25) is 0 Å². The summed E-state index contributed by atoms with van der Waals surface area (Å²) in [5, 5.41) is 0. The average Bonchev–Trinajstić information content (AvgIpc) is 2.56. The van der Waals surface area contributed by atoms with Gasteiger partial charge in [0.25, 0.3) is 0 Å². The van der Waals surface area contributed by atoms with Gasteiger partial charge in [0.1, 0.15) is 5.52 Å². The highest BCUT2D eigenvalue weighted by atomic mass is 32.2. The third kappa shape index (κ3) is 2.40. The zero-order chi connectivity index (χ0) is 12.6. The van der Waals surface area contributed by atoms with E-state index >= 15 is 0 Å². The van der Waals surface area contributed by atoms with Crippen LogP contribution in [0.3, 0.4) is 0 Å². The minimum atomic E-state index is -3.49. The molecular weight excluding hydrogens is 242 g/mol. The summed E-state index contributed by atoms with van der Waals surface area (Å²) in [5.74, 6) is 0.549. The van der Waals surface area contributed by atoms with Gasteiger partial charge in [-0.15, -0.1) is 0 Å². The molecular formula is C10H13N3O3S. The van der Waals surface area contributed by atoms with E-state index in [0.29, 0.717) is 22.7 Å². The largest absolute Gasteiger partial charge is 0.441 e. The summed E-state index contributed by atoms with van der Waals surface area (Å²) in [6.45, 7) is 1.74. The van der Waals surface area contributed by atoms with Crippen LogP contribution in [0, 0.1) is 6.92 Å². The van der Waals surface area contributed by atoms with Crippen LogP contribution in [-0.2, 0) is 10.2 Å². The minimum Gasteiger partial charge on any atom is -0.441 e. The van der Waals surface area contributed by atoms with Gasteiger partial charge in [0, 0.05) is 27.1 Å². The summed E-state index contributed by atoms with van der Waals surface area (Å²) in [5.41, 5.74) is 1.71. The highest BCUT2D eigenvalue weighted by Gasteiger charge is 2.13. The molecule has 6 nitrogen and oxygen atoms in total. The summed E-state index contributed by atoms with van der Waals surface area (Å²) in [6.07, 6.45) is 0. The molecule has 0 aliphatic rings. The summed E-state index contributed by atoms with van der Waals surface area (Å²) in [6, 6.07) is 4.96. The van der Waals surface area contributed by atoms with Crippen LogP contribution in [0.25, 0.3) is 11.1 Å². The predicted molar refractivity (Wildman–Crippen MR) is 65.0 cm³/mol. The van der Waals surface area contributed by atoms with Crippen molar-refractivity contribution in [1.29, 1.82) is 0 Å². The van der Waals surface area contributed by atoms with Gasteiger partial charge in [0.05, 0.1) is 5.69 Å². The summed E-state index contributed by atoms with van der Waals surface area (Å²) in [7, 11) is -0.576. The molecule has 1 heterocycles. The minimum absolute atomic E-state index is 0.447. The Labute approximate surface area is 99.4 Å². The number of nitrogens with one attached hydrogen (secondary N) is 1. The van der Waals surface area contributed by atoms with E-state index in [9.17, 15) is 8.42 Å². The van der Waals surface area contributed by atoms with E-state index in [1.165, 1.54) is 14.1 Å². The van der Waals surface area contributed by atoms with Gasteiger partial charge in [-0.1, -0.05) is 0 Å². The van der Waals surface area contributed by atoms with Crippen molar-refractivity contribution in [3.05, 3.63) is 24.1 Å². The number of hydrogen-bond donors (Lipinski definition) is 1. The molecule has 0 fully saturated rings. The molecule has 1 aromatic carbocycles. The number of oxazole rings is 1. The van der Waals surface area contributed by atoms with Crippen LogP contribution < -0.4 is 4.72 Å². The van der Waals surface area contributed by atoms with Crippen molar-refractivity contribution >= 4 is 27.0 Å². The second-order valence-electron chi connectivity index (χ2n) is 3.80. The molecule has 92 valence electrons. The van der Waals surface area contributed by atoms with E-state index in [1.807, 2.05) is 0 Å². The fourth-order valence-electron chi connectivity index (χ4n) is 1.34. The Bertz CT molecular complexity index is 646. The van der Waals surface area contributed by atoms with Crippen molar-refractivity contribution in [3.63, 3.8) is 0 Å². The van der Waals surface area contributed by atoms with E-state index in [1.54, 1.807) is 25.1 Å². The maximum Gasteiger partial charge on any atom is 0.301 e. The van der Waals surface area contributed by atoms with Gasteiger partial charge in [-0.25, -0.2) is 4.98 Å². The van der Waals surface area contributed by atoms with Gasteiger partial charge in [0.15, 0.2) is 11.5 Å². The van der Waals surface area contributed by atoms with Crippen LogP contribution in [0.5, 0.6) is 0 Å².